The van der Waals surface area contributed by atoms with Crippen molar-refractivity contribution in [3.05, 3.63) is 60.6 Å². The van der Waals surface area contributed by atoms with Crippen LogP contribution in [0.4, 0.5) is 13.2 Å². The summed E-state index contributed by atoms with van der Waals surface area (Å²) in [6.45, 7) is 0.604. The fourth-order valence-electron chi connectivity index (χ4n) is 4.48. The molecule has 0 radical (unpaired) electrons. The molecule has 1 fully saturated rings. The number of hydrogen-bond acceptors (Lipinski definition) is 7. The van der Waals surface area contributed by atoms with Crippen LogP contribution in [-0.4, -0.2) is 51.0 Å². The minimum Gasteiger partial charge on any atom is -0.468 e. The molecule has 1 saturated heterocycles. The first-order valence-electron chi connectivity index (χ1n) is 11.8. The van der Waals surface area contributed by atoms with Crippen molar-refractivity contribution in [1.29, 1.82) is 0 Å². The van der Waals surface area contributed by atoms with Gasteiger partial charge in [0, 0.05) is 54.5 Å². The lowest BCUT2D eigenvalue weighted by Crippen LogP contribution is -2.40. The van der Waals surface area contributed by atoms with Crippen molar-refractivity contribution in [2.45, 2.75) is 37.5 Å². The molecular weight excluding hydrogens is 602 g/mol. The molecular formula is C24H21Cl3F3N5O3S. The van der Waals surface area contributed by atoms with Crippen molar-refractivity contribution in [2.24, 2.45) is 12.2 Å². The summed E-state index contributed by atoms with van der Waals surface area (Å²) < 4.78 is 44.8. The van der Waals surface area contributed by atoms with Gasteiger partial charge in [0.15, 0.2) is 18.4 Å². The average Bonchev–Trinajstić information content (AvgIpc) is 3.62. The summed E-state index contributed by atoms with van der Waals surface area (Å²) in [6.07, 6.45) is -3.17. The van der Waals surface area contributed by atoms with E-state index in [9.17, 15) is 18.0 Å². The zero-order chi connectivity index (χ0) is 27.9. The van der Waals surface area contributed by atoms with Crippen molar-refractivity contribution in [1.82, 2.24) is 19.7 Å². The lowest BCUT2D eigenvalue weighted by Gasteiger charge is -2.31. The van der Waals surface area contributed by atoms with Gasteiger partial charge in [-0.1, -0.05) is 40.0 Å². The van der Waals surface area contributed by atoms with Crippen LogP contribution in [0.5, 0.6) is 5.88 Å². The molecule has 2 aliphatic heterocycles. The number of carbonyl (C=O) groups excluding carboxylic acids is 1. The summed E-state index contributed by atoms with van der Waals surface area (Å²) >= 11 is 20.2. The number of oxime groups is 1. The SMILES string of the molecule is Cn1nc(C(F)(F)F)cc1OCC(=O)N1CCC(c2nc(C3=NOC(c4c(Cl)cc(Cl)cc4Cl)C3)cs2)CC1. The van der Waals surface area contributed by atoms with Crippen molar-refractivity contribution in [3.63, 3.8) is 0 Å². The minimum atomic E-state index is -4.59. The number of aryl methyl sites for hydroxylation is 1. The number of thiazole rings is 1. The molecule has 1 amide bonds. The smallest absolute Gasteiger partial charge is 0.435 e. The summed E-state index contributed by atoms with van der Waals surface area (Å²) in [5.74, 6) is -0.257. The van der Waals surface area contributed by atoms with Crippen LogP contribution in [0.25, 0.3) is 0 Å². The van der Waals surface area contributed by atoms with Gasteiger partial charge in [0.1, 0.15) is 5.71 Å². The number of aromatic nitrogens is 3. The largest absolute Gasteiger partial charge is 0.468 e. The van der Waals surface area contributed by atoms with Crippen LogP contribution in [0, 0.1) is 0 Å². The predicted octanol–water partition coefficient (Wildman–Crippen LogP) is 6.51. The van der Waals surface area contributed by atoms with Crippen molar-refractivity contribution < 1.29 is 27.5 Å². The van der Waals surface area contributed by atoms with E-state index in [2.05, 4.69) is 10.3 Å². The van der Waals surface area contributed by atoms with Gasteiger partial charge in [-0.3, -0.25) is 4.79 Å². The molecule has 3 aromatic rings. The molecule has 208 valence electrons. The lowest BCUT2D eigenvalue weighted by molar-refractivity contribution is -0.141. The van der Waals surface area contributed by atoms with Gasteiger partial charge in [-0.05, 0) is 25.0 Å². The topological polar surface area (TPSA) is 81.8 Å². The van der Waals surface area contributed by atoms with E-state index < -0.39 is 18.0 Å². The molecule has 0 saturated carbocycles. The van der Waals surface area contributed by atoms with Gasteiger partial charge in [-0.25, -0.2) is 9.67 Å². The third-order valence-electron chi connectivity index (χ3n) is 6.52. The molecule has 1 aromatic carbocycles. The lowest BCUT2D eigenvalue weighted by atomic mass is 9.97. The normalized spacial score (nSPS) is 18.3. The van der Waals surface area contributed by atoms with E-state index in [4.69, 9.17) is 49.4 Å². The number of benzene rings is 1. The molecule has 1 unspecified atom stereocenters. The van der Waals surface area contributed by atoms with Crippen LogP contribution >= 0.6 is 46.1 Å². The molecule has 15 heteroatoms. The summed E-state index contributed by atoms with van der Waals surface area (Å²) in [7, 11) is 1.33. The zero-order valence-corrected chi connectivity index (χ0v) is 23.4. The van der Waals surface area contributed by atoms with Crippen LogP contribution in [-0.2, 0) is 22.9 Å². The minimum absolute atomic E-state index is 0.123. The number of carbonyl (C=O) groups is 1. The van der Waals surface area contributed by atoms with E-state index in [1.807, 2.05) is 5.38 Å². The Morgan fingerprint density at radius 3 is 2.51 bits per heavy atom. The third kappa shape index (κ3) is 6.13. The maximum Gasteiger partial charge on any atom is 0.435 e. The van der Waals surface area contributed by atoms with Gasteiger partial charge < -0.3 is 14.5 Å². The zero-order valence-electron chi connectivity index (χ0n) is 20.3. The van der Waals surface area contributed by atoms with Gasteiger partial charge in [0.2, 0.25) is 5.88 Å². The average molecular weight is 623 g/mol. The molecule has 0 bridgehead atoms. The Labute approximate surface area is 240 Å². The second-order valence-electron chi connectivity index (χ2n) is 9.12. The second-order valence-corrected chi connectivity index (χ2v) is 11.3. The highest BCUT2D eigenvalue weighted by molar-refractivity contribution is 7.10. The number of hydrogen-bond donors (Lipinski definition) is 0. The third-order valence-corrected chi connectivity index (χ3v) is 8.37. The van der Waals surface area contributed by atoms with E-state index >= 15 is 0 Å². The van der Waals surface area contributed by atoms with Crippen LogP contribution in [0.15, 0.2) is 28.7 Å². The van der Waals surface area contributed by atoms with Crippen molar-refractivity contribution in [2.75, 3.05) is 19.7 Å². The van der Waals surface area contributed by atoms with Crippen LogP contribution in [0.3, 0.4) is 0 Å². The number of nitrogens with zero attached hydrogens (tertiary/aromatic N) is 5. The highest BCUT2D eigenvalue weighted by Crippen LogP contribution is 2.40. The van der Waals surface area contributed by atoms with E-state index in [-0.39, 0.29) is 24.3 Å². The number of rotatable bonds is 6. The van der Waals surface area contributed by atoms with Crippen molar-refractivity contribution in [3.8, 4) is 5.88 Å². The number of alkyl halides is 3. The van der Waals surface area contributed by atoms with Crippen LogP contribution in [0.2, 0.25) is 15.1 Å². The molecule has 0 N–H and O–H groups in total. The van der Waals surface area contributed by atoms with Gasteiger partial charge >= 0.3 is 6.18 Å². The first kappa shape index (κ1) is 28.0. The number of amides is 1. The van der Waals surface area contributed by atoms with Gasteiger partial charge in [-0.15, -0.1) is 11.3 Å². The second kappa shape index (κ2) is 11.1. The van der Waals surface area contributed by atoms with Gasteiger partial charge in [0.25, 0.3) is 5.91 Å². The Hall–Kier alpha value is -2.54. The molecule has 1 atom stereocenters. The Morgan fingerprint density at radius 1 is 1.18 bits per heavy atom. The maximum atomic E-state index is 12.8. The fraction of sp³-hybridized carbons (Fsp3) is 0.417. The number of ether oxygens (including phenoxy) is 1. The quantitative estimate of drug-likeness (QED) is 0.313. The van der Waals surface area contributed by atoms with Gasteiger partial charge in [0.05, 0.1) is 20.7 Å². The summed E-state index contributed by atoms with van der Waals surface area (Å²) in [6, 6.07) is 4.00. The predicted molar refractivity (Wildman–Crippen MR) is 141 cm³/mol. The first-order valence-corrected chi connectivity index (χ1v) is 13.9. The molecule has 0 spiro atoms. The molecule has 2 aliphatic rings. The fourth-order valence-corrected chi connectivity index (χ4v) is 6.54. The molecule has 39 heavy (non-hydrogen) atoms. The number of likely N-dealkylation sites (tertiary alicyclic amines) is 1. The Morgan fingerprint density at radius 2 is 1.87 bits per heavy atom. The number of halogens is 6. The summed E-state index contributed by atoms with van der Waals surface area (Å²) in [5.41, 5.74) is 0.972. The number of piperidine rings is 1. The van der Waals surface area contributed by atoms with E-state index in [1.165, 1.54) is 18.4 Å². The highest BCUT2D eigenvalue weighted by atomic mass is 35.5. The maximum absolute atomic E-state index is 12.8. The molecule has 8 nitrogen and oxygen atoms in total. The Bertz CT molecular complexity index is 1400. The van der Waals surface area contributed by atoms with E-state index in [0.29, 0.717) is 58.7 Å². The van der Waals surface area contributed by atoms with Crippen molar-refractivity contribution >= 4 is 57.8 Å². The monoisotopic (exact) mass is 621 g/mol. The summed E-state index contributed by atoms with van der Waals surface area (Å²) in [4.78, 5) is 24.6. The first-order chi connectivity index (χ1) is 18.5. The van der Waals surface area contributed by atoms with E-state index in [0.717, 1.165) is 21.4 Å². The molecule has 0 aliphatic carbocycles. The molecule has 2 aromatic heterocycles. The Kier molecular flexibility index (Phi) is 8.01. The Balaban J connectivity index is 1.13. The van der Waals surface area contributed by atoms with E-state index in [1.54, 1.807) is 17.0 Å². The van der Waals surface area contributed by atoms with Gasteiger partial charge in [-0.2, -0.15) is 18.3 Å². The molecule has 4 heterocycles. The van der Waals surface area contributed by atoms with Crippen LogP contribution < -0.4 is 4.74 Å². The van der Waals surface area contributed by atoms with Crippen LogP contribution in [0.1, 0.15) is 53.2 Å². The summed E-state index contributed by atoms with van der Waals surface area (Å²) in [5, 5.41) is 11.7. The highest BCUT2D eigenvalue weighted by Gasteiger charge is 2.35. The standard InChI is InChI=1S/C24H21Cl3F3N5O3S/c1-34-21(9-19(32-34)24(28,29)30)37-10-20(36)35-4-2-12(3-5-35)23-31-17(11-39-23)16-8-18(38-33-16)22-14(26)6-13(25)7-15(22)27/h6-7,9,11-12,18H,2-5,8,10H2,1H3. The molecule has 5 rings (SSSR count).